The summed E-state index contributed by atoms with van der Waals surface area (Å²) in [5.41, 5.74) is -0.915. The zero-order chi connectivity index (χ0) is 16.5. The van der Waals surface area contributed by atoms with E-state index in [0.717, 1.165) is 12.8 Å². The van der Waals surface area contributed by atoms with Crippen molar-refractivity contribution in [1.29, 1.82) is 0 Å². The Morgan fingerprint density at radius 1 is 1.23 bits per heavy atom. The number of nitrogens with one attached hydrogen (secondary N) is 1. The zero-order valence-corrected chi connectivity index (χ0v) is 13.1. The van der Waals surface area contributed by atoms with Crippen molar-refractivity contribution in [2.45, 2.75) is 31.6 Å². The lowest BCUT2D eigenvalue weighted by atomic mass is 9.95. The van der Waals surface area contributed by atoms with E-state index in [0.29, 0.717) is 24.2 Å². The third-order valence-electron chi connectivity index (χ3n) is 3.51. The first-order chi connectivity index (χ1) is 10.2. The second kappa shape index (κ2) is 6.48. The number of hydrogen-bond acceptors (Lipinski definition) is 2. The van der Waals surface area contributed by atoms with Crippen LogP contribution in [0.5, 0.6) is 0 Å². The molecule has 22 heavy (non-hydrogen) atoms. The summed E-state index contributed by atoms with van der Waals surface area (Å²) in [6.07, 6.45) is 2.18. The van der Waals surface area contributed by atoms with Crippen LogP contribution in [0.2, 0.25) is 0 Å². The molecular weight excluding hydrogens is 318 g/mol. The summed E-state index contributed by atoms with van der Waals surface area (Å²) < 4.78 is 53.4. The second-order valence-electron chi connectivity index (χ2n) is 6.12. The normalized spacial score (nSPS) is 15.0. The van der Waals surface area contributed by atoms with Crippen LogP contribution in [-0.2, 0) is 4.79 Å². The lowest BCUT2D eigenvalue weighted by molar-refractivity contribution is -0.128. The van der Waals surface area contributed by atoms with Gasteiger partial charge in [0.05, 0.1) is 10.3 Å². The molecule has 1 N–H and O–H groups in total. The molecule has 0 bridgehead atoms. The van der Waals surface area contributed by atoms with Gasteiger partial charge in [0.25, 0.3) is 0 Å². The number of halogens is 4. The first-order valence-corrected chi connectivity index (χ1v) is 7.95. The largest absolute Gasteiger partial charge is 0.355 e. The highest BCUT2D eigenvalue weighted by Crippen LogP contribution is 2.34. The first-order valence-electron chi connectivity index (χ1n) is 6.96. The summed E-state index contributed by atoms with van der Waals surface area (Å²) in [6.45, 7) is 3.83. The smallest absolute Gasteiger partial charge is 0.226 e. The highest BCUT2D eigenvalue weighted by atomic mass is 32.2. The molecule has 1 aromatic carbocycles. The number of hydrogen-bond donors (Lipinski definition) is 1. The number of thioether (sulfide) groups is 1. The van der Waals surface area contributed by atoms with Gasteiger partial charge in [0.15, 0.2) is 23.3 Å². The summed E-state index contributed by atoms with van der Waals surface area (Å²) in [5, 5.41) is 2.79. The zero-order valence-electron chi connectivity index (χ0n) is 12.3. The molecule has 1 aromatic rings. The number of carbonyl (C=O) groups excluding carboxylic acids is 1. The van der Waals surface area contributed by atoms with E-state index in [-0.39, 0.29) is 17.7 Å². The highest BCUT2D eigenvalue weighted by Gasteiger charge is 2.31. The molecule has 0 aromatic heterocycles. The lowest BCUT2D eigenvalue weighted by Gasteiger charge is -2.23. The molecule has 0 unspecified atom stereocenters. The van der Waals surface area contributed by atoms with Crippen molar-refractivity contribution < 1.29 is 22.4 Å². The van der Waals surface area contributed by atoms with Crippen molar-refractivity contribution in [3.63, 3.8) is 0 Å². The van der Waals surface area contributed by atoms with Crippen molar-refractivity contribution in [2.75, 3.05) is 12.3 Å². The van der Waals surface area contributed by atoms with Gasteiger partial charge in [-0.25, -0.2) is 17.6 Å². The SMILES string of the molecule is CC(C)(CSc1c(F)c(F)cc(F)c1F)C(=O)NCC1CC1. The van der Waals surface area contributed by atoms with Gasteiger partial charge in [-0.1, -0.05) is 13.8 Å². The molecule has 122 valence electrons. The summed E-state index contributed by atoms with van der Waals surface area (Å²) >= 11 is 0.596. The summed E-state index contributed by atoms with van der Waals surface area (Å²) in [5.74, 6) is -5.49. The van der Waals surface area contributed by atoms with Gasteiger partial charge in [0, 0.05) is 18.4 Å². The topological polar surface area (TPSA) is 29.1 Å². The molecule has 0 saturated heterocycles. The summed E-state index contributed by atoms with van der Waals surface area (Å²) in [4.78, 5) is 11.3. The van der Waals surface area contributed by atoms with E-state index in [2.05, 4.69) is 5.32 Å². The van der Waals surface area contributed by atoms with Crippen LogP contribution in [0.1, 0.15) is 26.7 Å². The minimum Gasteiger partial charge on any atom is -0.355 e. The average molecular weight is 335 g/mol. The molecule has 2 rings (SSSR count). The van der Waals surface area contributed by atoms with E-state index in [1.54, 1.807) is 13.8 Å². The summed E-state index contributed by atoms with van der Waals surface area (Å²) in [6, 6.07) is 0.169. The molecular formula is C15H17F4NOS. The molecule has 1 aliphatic rings. The number of amides is 1. The van der Waals surface area contributed by atoms with E-state index >= 15 is 0 Å². The Labute approximate surface area is 130 Å². The number of carbonyl (C=O) groups is 1. The number of benzene rings is 1. The van der Waals surface area contributed by atoms with E-state index in [9.17, 15) is 22.4 Å². The predicted octanol–water partition coefficient (Wildman–Crippen LogP) is 3.89. The fraction of sp³-hybridized carbons (Fsp3) is 0.533. The van der Waals surface area contributed by atoms with Crippen LogP contribution in [0.4, 0.5) is 17.6 Å². The van der Waals surface area contributed by atoms with Crippen LogP contribution in [-0.4, -0.2) is 18.2 Å². The summed E-state index contributed by atoms with van der Waals surface area (Å²) in [7, 11) is 0. The van der Waals surface area contributed by atoms with E-state index in [1.165, 1.54) is 0 Å². The minimum absolute atomic E-state index is 0.000231. The van der Waals surface area contributed by atoms with Crippen molar-refractivity contribution in [3.05, 3.63) is 29.3 Å². The molecule has 0 radical (unpaired) electrons. The lowest BCUT2D eigenvalue weighted by Crippen LogP contribution is -2.39. The van der Waals surface area contributed by atoms with Gasteiger partial charge in [-0.3, -0.25) is 4.79 Å². The monoisotopic (exact) mass is 335 g/mol. The van der Waals surface area contributed by atoms with Crippen LogP contribution >= 0.6 is 11.8 Å². The standard InChI is InChI=1S/C15H17F4NOS/c1-15(2,14(21)20-6-8-3-4-8)7-22-13-11(18)9(16)5-10(17)12(13)19/h5,8H,3-4,6-7H2,1-2H3,(H,20,21). The fourth-order valence-electron chi connectivity index (χ4n) is 1.79. The van der Waals surface area contributed by atoms with E-state index in [1.807, 2.05) is 0 Å². The maximum absolute atomic E-state index is 13.6. The molecule has 0 atom stereocenters. The third kappa shape index (κ3) is 3.94. The van der Waals surface area contributed by atoms with Gasteiger partial charge in [0.2, 0.25) is 5.91 Å². The van der Waals surface area contributed by atoms with Crippen LogP contribution < -0.4 is 5.32 Å². The molecule has 1 fully saturated rings. The van der Waals surface area contributed by atoms with Crippen LogP contribution in [0.3, 0.4) is 0 Å². The minimum atomic E-state index is -1.45. The van der Waals surface area contributed by atoms with Crippen molar-refractivity contribution in [2.24, 2.45) is 11.3 Å². The Hall–Kier alpha value is -1.24. The van der Waals surface area contributed by atoms with Crippen LogP contribution in [0, 0.1) is 34.6 Å². The Balaban J connectivity index is 2.03. The van der Waals surface area contributed by atoms with Gasteiger partial charge in [-0.2, -0.15) is 0 Å². The molecule has 1 amide bonds. The Morgan fingerprint density at radius 2 is 1.77 bits per heavy atom. The molecule has 7 heteroatoms. The maximum Gasteiger partial charge on any atom is 0.226 e. The van der Waals surface area contributed by atoms with Crippen molar-refractivity contribution in [3.8, 4) is 0 Å². The van der Waals surface area contributed by atoms with Gasteiger partial charge in [0.1, 0.15) is 0 Å². The average Bonchev–Trinajstić information content (AvgIpc) is 3.26. The van der Waals surface area contributed by atoms with Gasteiger partial charge >= 0.3 is 0 Å². The molecule has 0 aliphatic heterocycles. The van der Waals surface area contributed by atoms with E-state index < -0.39 is 33.6 Å². The van der Waals surface area contributed by atoms with Crippen LogP contribution in [0.15, 0.2) is 11.0 Å². The van der Waals surface area contributed by atoms with Gasteiger partial charge in [-0.05, 0) is 18.8 Å². The molecule has 2 nitrogen and oxygen atoms in total. The Bertz CT molecular complexity index is 561. The fourth-order valence-corrected chi connectivity index (χ4v) is 2.88. The first kappa shape index (κ1) is 17.1. The highest BCUT2D eigenvalue weighted by molar-refractivity contribution is 7.99. The molecule has 1 aliphatic carbocycles. The Morgan fingerprint density at radius 3 is 2.27 bits per heavy atom. The molecule has 0 spiro atoms. The number of rotatable bonds is 6. The predicted molar refractivity (Wildman–Crippen MR) is 76.5 cm³/mol. The Kier molecular flexibility index (Phi) is 5.04. The second-order valence-corrected chi connectivity index (χ2v) is 7.11. The van der Waals surface area contributed by atoms with Crippen molar-refractivity contribution >= 4 is 17.7 Å². The van der Waals surface area contributed by atoms with Gasteiger partial charge < -0.3 is 5.32 Å². The molecule has 0 heterocycles. The van der Waals surface area contributed by atoms with Crippen LogP contribution in [0.25, 0.3) is 0 Å². The molecule has 1 saturated carbocycles. The quantitative estimate of drug-likeness (QED) is 0.485. The van der Waals surface area contributed by atoms with Crippen molar-refractivity contribution in [1.82, 2.24) is 5.32 Å². The maximum atomic E-state index is 13.6. The third-order valence-corrected chi connectivity index (χ3v) is 5.02. The van der Waals surface area contributed by atoms with Gasteiger partial charge in [-0.15, -0.1) is 11.8 Å². The van der Waals surface area contributed by atoms with E-state index in [4.69, 9.17) is 0 Å².